The normalized spacial score (nSPS) is 21.8. The second-order valence-corrected chi connectivity index (χ2v) is 4.57. The fourth-order valence-electron chi connectivity index (χ4n) is 2.51. The minimum Gasteiger partial charge on any atom is -0.396 e. The van der Waals surface area contributed by atoms with Gasteiger partial charge in [0, 0.05) is 31.5 Å². The van der Waals surface area contributed by atoms with Gasteiger partial charge in [-0.15, -0.1) is 0 Å². The highest BCUT2D eigenvalue weighted by atomic mass is 16.2. The van der Waals surface area contributed by atoms with Crippen LogP contribution >= 0.6 is 0 Å². The molecule has 1 aromatic heterocycles. The molecule has 0 unspecified atom stereocenters. The summed E-state index contributed by atoms with van der Waals surface area (Å²) in [6.45, 7) is 2.59. The van der Waals surface area contributed by atoms with Crippen molar-refractivity contribution in [1.29, 1.82) is 0 Å². The molecule has 0 spiro atoms. The van der Waals surface area contributed by atoms with Gasteiger partial charge in [0.15, 0.2) is 0 Å². The molecular formula is C12H21N3O. The van der Waals surface area contributed by atoms with Crippen LogP contribution in [-0.4, -0.2) is 39.5 Å². The van der Waals surface area contributed by atoms with Gasteiger partial charge in [-0.2, -0.15) is 5.10 Å². The summed E-state index contributed by atoms with van der Waals surface area (Å²) in [5.74, 6) is 0. The first-order valence-electron chi connectivity index (χ1n) is 6.14. The molecule has 2 rings (SSSR count). The van der Waals surface area contributed by atoms with E-state index in [0.29, 0.717) is 12.6 Å². The van der Waals surface area contributed by atoms with Crippen LogP contribution in [0.5, 0.6) is 0 Å². The Kier molecular flexibility index (Phi) is 3.96. The van der Waals surface area contributed by atoms with Crippen LogP contribution in [0.25, 0.3) is 0 Å². The molecule has 1 N–H and O–H groups in total. The Morgan fingerprint density at radius 2 is 2.38 bits per heavy atom. The first-order valence-corrected chi connectivity index (χ1v) is 6.14. The summed E-state index contributed by atoms with van der Waals surface area (Å²) in [5, 5.41) is 13.0. The highest BCUT2D eigenvalue weighted by Gasteiger charge is 2.26. The van der Waals surface area contributed by atoms with Crippen molar-refractivity contribution < 1.29 is 5.11 Å². The van der Waals surface area contributed by atoms with E-state index in [9.17, 15) is 0 Å². The van der Waals surface area contributed by atoms with Gasteiger partial charge in [-0.1, -0.05) is 0 Å². The summed E-state index contributed by atoms with van der Waals surface area (Å²) in [7, 11) is 1.97. The third-order valence-electron chi connectivity index (χ3n) is 3.33. The fourth-order valence-corrected chi connectivity index (χ4v) is 2.51. The molecule has 16 heavy (non-hydrogen) atoms. The summed E-state index contributed by atoms with van der Waals surface area (Å²) < 4.78 is 1.87. The van der Waals surface area contributed by atoms with Crippen LogP contribution in [0.15, 0.2) is 12.4 Å². The Hall–Kier alpha value is -0.870. The zero-order chi connectivity index (χ0) is 11.4. The van der Waals surface area contributed by atoms with Gasteiger partial charge in [0.2, 0.25) is 0 Å². The van der Waals surface area contributed by atoms with E-state index in [-0.39, 0.29) is 0 Å². The van der Waals surface area contributed by atoms with Crippen molar-refractivity contribution in [3.8, 4) is 0 Å². The quantitative estimate of drug-likeness (QED) is 0.766. The molecule has 4 heteroatoms. The lowest BCUT2D eigenvalue weighted by Crippen LogP contribution is -2.24. The van der Waals surface area contributed by atoms with E-state index < -0.39 is 0 Å². The standard InChI is InChI=1S/C12H21N3O/c1-14-10-11(9-13-14)12-5-4-7-15(12)6-2-3-8-16/h9-10,12,16H,2-8H2,1H3/t12-/m1/s1. The van der Waals surface area contributed by atoms with Gasteiger partial charge in [-0.3, -0.25) is 9.58 Å². The number of likely N-dealkylation sites (tertiary alicyclic amines) is 1. The van der Waals surface area contributed by atoms with E-state index in [0.717, 1.165) is 19.4 Å². The van der Waals surface area contributed by atoms with E-state index >= 15 is 0 Å². The molecular weight excluding hydrogens is 202 g/mol. The van der Waals surface area contributed by atoms with E-state index in [1.807, 2.05) is 17.9 Å². The van der Waals surface area contributed by atoms with E-state index in [1.165, 1.54) is 24.9 Å². The topological polar surface area (TPSA) is 41.3 Å². The number of rotatable bonds is 5. The summed E-state index contributed by atoms with van der Waals surface area (Å²) in [6, 6.07) is 0.549. The molecule has 1 atom stereocenters. The first-order chi connectivity index (χ1) is 7.81. The molecule has 1 aliphatic rings. The maximum Gasteiger partial charge on any atom is 0.0537 e. The zero-order valence-corrected chi connectivity index (χ0v) is 9.97. The lowest BCUT2D eigenvalue weighted by Gasteiger charge is -2.23. The van der Waals surface area contributed by atoms with E-state index in [2.05, 4.69) is 16.2 Å². The molecule has 0 radical (unpaired) electrons. The number of hydrogen-bond acceptors (Lipinski definition) is 3. The predicted molar refractivity (Wildman–Crippen MR) is 63.1 cm³/mol. The van der Waals surface area contributed by atoms with Crippen molar-refractivity contribution in [3.63, 3.8) is 0 Å². The summed E-state index contributed by atoms with van der Waals surface area (Å²) in [5.41, 5.74) is 1.34. The van der Waals surface area contributed by atoms with Gasteiger partial charge in [0.1, 0.15) is 0 Å². The molecule has 1 aromatic rings. The van der Waals surface area contributed by atoms with Gasteiger partial charge < -0.3 is 5.11 Å². The molecule has 1 aliphatic heterocycles. The second kappa shape index (κ2) is 5.46. The Morgan fingerprint density at radius 3 is 3.06 bits per heavy atom. The minimum atomic E-state index is 0.311. The molecule has 4 nitrogen and oxygen atoms in total. The number of aromatic nitrogens is 2. The van der Waals surface area contributed by atoms with Gasteiger partial charge in [-0.05, 0) is 38.8 Å². The van der Waals surface area contributed by atoms with Crippen molar-refractivity contribution in [1.82, 2.24) is 14.7 Å². The fraction of sp³-hybridized carbons (Fsp3) is 0.750. The number of aryl methyl sites for hydroxylation is 1. The van der Waals surface area contributed by atoms with Crippen molar-refractivity contribution in [3.05, 3.63) is 18.0 Å². The SMILES string of the molecule is Cn1cc([C@H]2CCCN2CCCCO)cn1. The molecule has 0 bridgehead atoms. The average molecular weight is 223 g/mol. The Balaban J connectivity index is 1.92. The van der Waals surface area contributed by atoms with Crippen molar-refractivity contribution >= 4 is 0 Å². The Morgan fingerprint density at radius 1 is 1.50 bits per heavy atom. The maximum absolute atomic E-state index is 8.79. The van der Waals surface area contributed by atoms with Crippen LogP contribution in [0.2, 0.25) is 0 Å². The summed E-state index contributed by atoms with van der Waals surface area (Å²) in [6.07, 6.45) is 8.62. The first kappa shape index (κ1) is 11.6. The minimum absolute atomic E-state index is 0.311. The largest absolute Gasteiger partial charge is 0.396 e. The second-order valence-electron chi connectivity index (χ2n) is 4.57. The van der Waals surface area contributed by atoms with Crippen LogP contribution in [-0.2, 0) is 7.05 Å². The number of unbranched alkanes of at least 4 members (excludes halogenated alkanes) is 1. The molecule has 1 fully saturated rings. The van der Waals surface area contributed by atoms with Gasteiger partial charge >= 0.3 is 0 Å². The molecule has 1 saturated heterocycles. The molecule has 2 heterocycles. The van der Waals surface area contributed by atoms with Crippen LogP contribution in [0, 0.1) is 0 Å². The van der Waals surface area contributed by atoms with Crippen LogP contribution in [0.4, 0.5) is 0 Å². The maximum atomic E-state index is 8.79. The van der Waals surface area contributed by atoms with Crippen LogP contribution in [0.3, 0.4) is 0 Å². The predicted octanol–water partition coefficient (Wildman–Crippen LogP) is 1.33. The third kappa shape index (κ3) is 2.62. The Labute approximate surface area is 96.9 Å². The molecule has 0 saturated carbocycles. The smallest absolute Gasteiger partial charge is 0.0537 e. The van der Waals surface area contributed by atoms with Crippen molar-refractivity contribution in [2.45, 2.75) is 31.7 Å². The van der Waals surface area contributed by atoms with Gasteiger partial charge in [-0.25, -0.2) is 0 Å². The number of nitrogens with zero attached hydrogens (tertiary/aromatic N) is 3. The Bertz CT molecular complexity index is 324. The van der Waals surface area contributed by atoms with Crippen LogP contribution < -0.4 is 0 Å². The van der Waals surface area contributed by atoms with E-state index in [1.54, 1.807) is 0 Å². The average Bonchev–Trinajstić information content (AvgIpc) is 2.87. The lowest BCUT2D eigenvalue weighted by molar-refractivity contribution is 0.231. The van der Waals surface area contributed by atoms with Crippen LogP contribution in [0.1, 0.15) is 37.3 Å². The van der Waals surface area contributed by atoms with E-state index in [4.69, 9.17) is 5.11 Å². The van der Waals surface area contributed by atoms with Gasteiger partial charge in [0.25, 0.3) is 0 Å². The highest BCUT2D eigenvalue weighted by molar-refractivity contribution is 5.12. The zero-order valence-electron chi connectivity index (χ0n) is 9.97. The van der Waals surface area contributed by atoms with Crippen molar-refractivity contribution in [2.24, 2.45) is 7.05 Å². The summed E-state index contributed by atoms with van der Waals surface area (Å²) >= 11 is 0. The van der Waals surface area contributed by atoms with Crippen molar-refractivity contribution in [2.75, 3.05) is 19.7 Å². The number of hydrogen-bond donors (Lipinski definition) is 1. The molecule has 0 aromatic carbocycles. The molecule has 90 valence electrons. The molecule has 0 amide bonds. The number of aliphatic hydroxyl groups is 1. The number of aliphatic hydroxyl groups excluding tert-OH is 1. The van der Waals surface area contributed by atoms with Gasteiger partial charge in [0.05, 0.1) is 6.20 Å². The molecule has 0 aliphatic carbocycles. The lowest BCUT2D eigenvalue weighted by atomic mass is 10.1. The highest BCUT2D eigenvalue weighted by Crippen LogP contribution is 2.31. The third-order valence-corrected chi connectivity index (χ3v) is 3.33. The summed E-state index contributed by atoms with van der Waals surface area (Å²) in [4.78, 5) is 2.52. The monoisotopic (exact) mass is 223 g/mol.